The van der Waals surface area contributed by atoms with Gasteiger partial charge in [0.05, 0.1) is 0 Å². The van der Waals surface area contributed by atoms with E-state index < -0.39 is 11.1 Å². The van der Waals surface area contributed by atoms with Crippen LogP contribution in [0.4, 0.5) is 13.2 Å². The zero-order valence-corrected chi connectivity index (χ0v) is 12.5. The van der Waals surface area contributed by atoms with Gasteiger partial charge in [0.1, 0.15) is 4.88 Å². The minimum Gasteiger partial charge on any atom is -0.330 e. The Bertz CT molecular complexity index is 650. The third kappa shape index (κ3) is 2.80. The molecule has 114 valence electrons. The molecule has 2 nitrogen and oxygen atoms in total. The van der Waals surface area contributed by atoms with Crippen LogP contribution in [0.3, 0.4) is 0 Å². The average Bonchev–Trinajstić information content (AvgIpc) is 3.00. The molecule has 1 aliphatic heterocycles. The lowest BCUT2D eigenvalue weighted by Gasteiger charge is -2.19. The molecule has 2 heterocycles. The number of hydrogen-bond donors (Lipinski definition) is 1. The van der Waals surface area contributed by atoms with Crippen molar-refractivity contribution in [2.45, 2.75) is 18.6 Å². The van der Waals surface area contributed by atoms with Gasteiger partial charge in [-0.25, -0.2) is 0 Å². The highest BCUT2D eigenvalue weighted by atomic mass is 32.1. The summed E-state index contributed by atoms with van der Waals surface area (Å²) in [6.45, 7) is 1.59. The predicted octanol–water partition coefficient (Wildman–Crippen LogP) is 3.87. The first-order valence-corrected chi connectivity index (χ1v) is 7.71. The van der Waals surface area contributed by atoms with Crippen molar-refractivity contribution in [3.63, 3.8) is 0 Å². The molecule has 0 bridgehead atoms. The van der Waals surface area contributed by atoms with Crippen LogP contribution in [0.15, 0.2) is 24.3 Å². The minimum absolute atomic E-state index is 0.247. The first-order chi connectivity index (χ1) is 9.88. The molecule has 2 aromatic rings. The van der Waals surface area contributed by atoms with E-state index in [-0.39, 0.29) is 6.04 Å². The van der Waals surface area contributed by atoms with E-state index in [1.165, 1.54) is 6.07 Å². The fourth-order valence-corrected chi connectivity index (χ4v) is 3.99. The lowest BCUT2D eigenvalue weighted by atomic mass is 9.99. The van der Waals surface area contributed by atoms with Crippen molar-refractivity contribution in [1.29, 1.82) is 0 Å². The van der Waals surface area contributed by atoms with E-state index in [4.69, 9.17) is 5.73 Å². The first kappa shape index (κ1) is 14.8. The van der Waals surface area contributed by atoms with Gasteiger partial charge < -0.3 is 5.73 Å². The summed E-state index contributed by atoms with van der Waals surface area (Å²) in [4.78, 5) is 1.70. The Kier molecular flexibility index (Phi) is 3.71. The van der Waals surface area contributed by atoms with Crippen LogP contribution in [0.2, 0.25) is 0 Å². The number of halogens is 3. The summed E-state index contributed by atoms with van der Waals surface area (Å²) < 4.78 is 39.0. The monoisotopic (exact) mass is 314 g/mol. The number of nitrogens with zero attached hydrogens (tertiary/aromatic N) is 1. The van der Waals surface area contributed by atoms with Gasteiger partial charge in [0.15, 0.2) is 0 Å². The van der Waals surface area contributed by atoms with Crippen molar-refractivity contribution in [3.8, 4) is 0 Å². The van der Waals surface area contributed by atoms with Crippen LogP contribution in [-0.4, -0.2) is 25.0 Å². The van der Waals surface area contributed by atoms with Crippen LogP contribution in [-0.2, 0) is 6.18 Å². The quantitative estimate of drug-likeness (QED) is 0.912. The standard InChI is InChI=1S/C15H17F3N2S/c1-20-8-9(7-19)4-12(20)10-2-3-13-11(5-10)6-14(21-13)15(16,17)18/h2-3,5-6,9,12H,4,7-8,19H2,1H3. The van der Waals surface area contributed by atoms with Gasteiger partial charge in [0.25, 0.3) is 0 Å². The molecule has 1 aromatic heterocycles. The zero-order chi connectivity index (χ0) is 15.2. The van der Waals surface area contributed by atoms with Crippen molar-refractivity contribution in [2.24, 2.45) is 11.7 Å². The van der Waals surface area contributed by atoms with Gasteiger partial charge in [0.2, 0.25) is 0 Å². The molecule has 0 saturated carbocycles. The van der Waals surface area contributed by atoms with Crippen molar-refractivity contribution in [1.82, 2.24) is 4.90 Å². The molecule has 0 spiro atoms. The molecule has 3 rings (SSSR count). The first-order valence-electron chi connectivity index (χ1n) is 6.89. The van der Waals surface area contributed by atoms with E-state index >= 15 is 0 Å². The van der Waals surface area contributed by atoms with Gasteiger partial charge >= 0.3 is 6.18 Å². The third-order valence-electron chi connectivity index (χ3n) is 4.17. The third-order valence-corrected chi connectivity index (χ3v) is 5.33. The lowest BCUT2D eigenvalue weighted by Crippen LogP contribution is -2.20. The van der Waals surface area contributed by atoms with Gasteiger partial charge in [-0.2, -0.15) is 13.2 Å². The molecule has 1 fully saturated rings. The molecule has 2 N–H and O–H groups in total. The second-order valence-electron chi connectivity index (χ2n) is 5.70. The van der Waals surface area contributed by atoms with Crippen LogP contribution in [0.1, 0.15) is 22.9 Å². The molecular weight excluding hydrogens is 297 g/mol. The maximum absolute atomic E-state index is 12.8. The van der Waals surface area contributed by atoms with Crippen LogP contribution in [0, 0.1) is 5.92 Å². The van der Waals surface area contributed by atoms with E-state index in [0.29, 0.717) is 22.5 Å². The maximum atomic E-state index is 12.8. The second kappa shape index (κ2) is 5.26. The largest absolute Gasteiger partial charge is 0.425 e. The molecule has 21 heavy (non-hydrogen) atoms. The predicted molar refractivity (Wildman–Crippen MR) is 79.4 cm³/mol. The summed E-state index contributed by atoms with van der Waals surface area (Å²) in [5.74, 6) is 0.462. The van der Waals surface area contributed by atoms with Crippen molar-refractivity contribution >= 4 is 21.4 Å². The summed E-state index contributed by atoms with van der Waals surface area (Å²) >= 11 is 0.803. The number of likely N-dealkylation sites (tertiary alicyclic amines) is 1. The maximum Gasteiger partial charge on any atom is 0.425 e. The fraction of sp³-hybridized carbons (Fsp3) is 0.467. The van der Waals surface area contributed by atoms with E-state index in [1.54, 1.807) is 6.07 Å². The Balaban J connectivity index is 1.94. The van der Waals surface area contributed by atoms with Gasteiger partial charge in [-0.1, -0.05) is 6.07 Å². The van der Waals surface area contributed by atoms with E-state index in [1.807, 2.05) is 19.2 Å². The number of fused-ring (bicyclic) bond motifs is 1. The molecule has 1 saturated heterocycles. The van der Waals surface area contributed by atoms with Gasteiger partial charge in [-0.05, 0) is 55.1 Å². The Morgan fingerprint density at radius 1 is 1.33 bits per heavy atom. The van der Waals surface area contributed by atoms with E-state index in [2.05, 4.69) is 4.90 Å². The smallest absolute Gasteiger partial charge is 0.330 e. The van der Waals surface area contributed by atoms with E-state index in [0.717, 1.165) is 29.9 Å². The highest BCUT2D eigenvalue weighted by molar-refractivity contribution is 7.19. The zero-order valence-electron chi connectivity index (χ0n) is 11.7. The molecular formula is C15H17F3N2S. The van der Waals surface area contributed by atoms with Crippen LogP contribution in [0.25, 0.3) is 10.1 Å². The summed E-state index contributed by atoms with van der Waals surface area (Å²) in [5, 5.41) is 0.675. The average molecular weight is 314 g/mol. The number of benzene rings is 1. The van der Waals surface area contributed by atoms with Crippen LogP contribution < -0.4 is 5.73 Å². The number of rotatable bonds is 2. The second-order valence-corrected chi connectivity index (χ2v) is 6.78. The summed E-state index contributed by atoms with van der Waals surface area (Å²) in [7, 11) is 2.04. The summed E-state index contributed by atoms with van der Waals surface area (Å²) in [5.41, 5.74) is 6.80. The number of hydrogen-bond acceptors (Lipinski definition) is 3. The summed E-state index contributed by atoms with van der Waals surface area (Å²) in [6.07, 6.45) is -3.30. The Morgan fingerprint density at radius 3 is 2.71 bits per heavy atom. The Hall–Kier alpha value is -1.11. The fourth-order valence-electron chi connectivity index (χ4n) is 3.07. The molecule has 0 aliphatic carbocycles. The van der Waals surface area contributed by atoms with E-state index in [9.17, 15) is 13.2 Å². The SMILES string of the molecule is CN1CC(CN)CC1c1ccc2sc(C(F)(F)F)cc2c1. The minimum atomic E-state index is -4.27. The number of nitrogens with two attached hydrogens (primary N) is 1. The number of thiophene rings is 1. The molecule has 6 heteroatoms. The molecule has 1 aliphatic rings. The summed E-state index contributed by atoms with van der Waals surface area (Å²) in [6, 6.07) is 7.13. The van der Waals surface area contributed by atoms with Crippen LogP contribution in [0.5, 0.6) is 0 Å². The lowest BCUT2D eigenvalue weighted by molar-refractivity contribution is -0.134. The van der Waals surface area contributed by atoms with Crippen molar-refractivity contribution in [2.75, 3.05) is 20.1 Å². The Morgan fingerprint density at radius 2 is 2.10 bits per heavy atom. The topological polar surface area (TPSA) is 29.3 Å². The van der Waals surface area contributed by atoms with Gasteiger partial charge in [-0.3, -0.25) is 4.90 Å². The molecule has 2 unspecified atom stereocenters. The molecule has 0 amide bonds. The highest BCUT2D eigenvalue weighted by Gasteiger charge is 2.33. The molecule has 2 atom stereocenters. The highest BCUT2D eigenvalue weighted by Crippen LogP contribution is 2.40. The normalized spacial score (nSPS) is 24.0. The van der Waals surface area contributed by atoms with Gasteiger partial charge in [0, 0.05) is 17.3 Å². The van der Waals surface area contributed by atoms with Gasteiger partial charge in [-0.15, -0.1) is 11.3 Å². The number of alkyl halides is 3. The van der Waals surface area contributed by atoms with Crippen molar-refractivity contribution < 1.29 is 13.2 Å². The van der Waals surface area contributed by atoms with Crippen molar-refractivity contribution in [3.05, 3.63) is 34.7 Å². The molecule has 1 aromatic carbocycles. The molecule has 0 radical (unpaired) electrons. The van der Waals surface area contributed by atoms with Crippen LogP contribution >= 0.6 is 11.3 Å². The Labute approximate surface area is 125 Å².